The third-order valence-electron chi connectivity index (χ3n) is 3.97. The molecule has 0 radical (unpaired) electrons. The quantitative estimate of drug-likeness (QED) is 0.878. The predicted molar refractivity (Wildman–Crippen MR) is 77.6 cm³/mol. The van der Waals surface area contributed by atoms with Crippen molar-refractivity contribution in [3.05, 3.63) is 42.1 Å². The molecule has 1 aromatic heterocycles. The second-order valence-corrected chi connectivity index (χ2v) is 5.48. The number of fused-ring (bicyclic) bond motifs is 1. The van der Waals surface area contributed by atoms with Crippen molar-refractivity contribution in [3.8, 4) is 0 Å². The Bertz CT molecular complexity index is 526. The van der Waals surface area contributed by atoms with Crippen molar-refractivity contribution >= 4 is 10.9 Å². The SMILES string of the molecule is CCC(C)(C)C(NC)c1cccc2ncccc12. The van der Waals surface area contributed by atoms with Crippen LogP contribution >= 0.6 is 0 Å². The Morgan fingerprint density at radius 3 is 2.67 bits per heavy atom. The van der Waals surface area contributed by atoms with Crippen LogP contribution < -0.4 is 5.32 Å². The zero-order chi connectivity index (χ0) is 13.2. The zero-order valence-electron chi connectivity index (χ0n) is 11.7. The molecule has 1 heterocycles. The summed E-state index contributed by atoms with van der Waals surface area (Å²) in [5.41, 5.74) is 2.64. The van der Waals surface area contributed by atoms with Gasteiger partial charge in [-0.25, -0.2) is 0 Å². The maximum atomic E-state index is 4.44. The summed E-state index contributed by atoms with van der Waals surface area (Å²) >= 11 is 0. The lowest BCUT2D eigenvalue weighted by Gasteiger charge is -2.34. The first-order valence-corrected chi connectivity index (χ1v) is 6.61. The Hall–Kier alpha value is -1.41. The highest BCUT2D eigenvalue weighted by Crippen LogP contribution is 2.38. The number of rotatable bonds is 4. The van der Waals surface area contributed by atoms with Gasteiger partial charge in [-0.2, -0.15) is 0 Å². The summed E-state index contributed by atoms with van der Waals surface area (Å²) in [6, 6.07) is 10.9. The minimum Gasteiger partial charge on any atom is -0.313 e. The van der Waals surface area contributed by atoms with Gasteiger partial charge in [0.1, 0.15) is 0 Å². The third-order valence-corrected chi connectivity index (χ3v) is 3.97. The summed E-state index contributed by atoms with van der Waals surface area (Å²) in [5.74, 6) is 0. The highest BCUT2D eigenvalue weighted by atomic mass is 14.9. The second-order valence-electron chi connectivity index (χ2n) is 5.48. The topological polar surface area (TPSA) is 24.9 Å². The van der Waals surface area contributed by atoms with E-state index in [2.05, 4.69) is 55.3 Å². The second kappa shape index (κ2) is 5.07. The molecule has 0 aliphatic carbocycles. The van der Waals surface area contributed by atoms with E-state index in [0.29, 0.717) is 6.04 Å². The van der Waals surface area contributed by atoms with Crippen LogP contribution in [-0.4, -0.2) is 12.0 Å². The van der Waals surface area contributed by atoms with E-state index < -0.39 is 0 Å². The number of benzene rings is 1. The van der Waals surface area contributed by atoms with Crippen LogP contribution in [0.5, 0.6) is 0 Å². The number of aromatic nitrogens is 1. The molecule has 0 aliphatic rings. The van der Waals surface area contributed by atoms with Gasteiger partial charge in [0.2, 0.25) is 0 Å². The van der Waals surface area contributed by atoms with Crippen LogP contribution in [0.4, 0.5) is 0 Å². The number of hydrogen-bond acceptors (Lipinski definition) is 2. The van der Waals surface area contributed by atoms with E-state index in [1.54, 1.807) is 0 Å². The van der Waals surface area contributed by atoms with E-state index in [1.807, 2.05) is 19.3 Å². The van der Waals surface area contributed by atoms with Gasteiger partial charge in [-0.1, -0.05) is 39.0 Å². The van der Waals surface area contributed by atoms with E-state index in [1.165, 1.54) is 10.9 Å². The molecule has 0 fully saturated rings. The fraction of sp³-hybridized carbons (Fsp3) is 0.438. The first-order chi connectivity index (χ1) is 8.60. The van der Waals surface area contributed by atoms with Crippen LogP contribution in [0.25, 0.3) is 10.9 Å². The van der Waals surface area contributed by atoms with Gasteiger partial charge in [0, 0.05) is 17.6 Å². The van der Waals surface area contributed by atoms with Gasteiger partial charge in [0.15, 0.2) is 0 Å². The van der Waals surface area contributed by atoms with E-state index in [0.717, 1.165) is 11.9 Å². The molecular weight excluding hydrogens is 220 g/mol. The maximum absolute atomic E-state index is 4.44. The van der Waals surface area contributed by atoms with E-state index >= 15 is 0 Å². The van der Waals surface area contributed by atoms with Crippen molar-refractivity contribution in [2.24, 2.45) is 5.41 Å². The molecule has 2 aromatic rings. The number of nitrogens with one attached hydrogen (secondary N) is 1. The first-order valence-electron chi connectivity index (χ1n) is 6.61. The number of pyridine rings is 1. The van der Waals surface area contributed by atoms with Crippen LogP contribution in [0.15, 0.2) is 36.5 Å². The Balaban J connectivity index is 2.59. The highest BCUT2D eigenvalue weighted by Gasteiger charge is 2.28. The molecule has 1 unspecified atom stereocenters. The van der Waals surface area contributed by atoms with Crippen molar-refractivity contribution < 1.29 is 0 Å². The smallest absolute Gasteiger partial charge is 0.0705 e. The van der Waals surface area contributed by atoms with Crippen molar-refractivity contribution in [3.63, 3.8) is 0 Å². The monoisotopic (exact) mass is 242 g/mol. The van der Waals surface area contributed by atoms with Crippen LogP contribution in [0.1, 0.15) is 38.8 Å². The predicted octanol–water partition coefficient (Wildman–Crippen LogP) is 3.93. The van der Waals surface area contributed by atoms with Crippen LogP contribution in [0.2, 0.25) is 0 Å². The highest BCUT2D eigenvalue weighted by molar-refractivity contribution is 5.82. The summed E-state index contributed by atoms with van der Waals surface area (Å²) in [4.78, 5) is 4.44. The zero-order valence-corrected chi connectivity index (χ0v) is 11.7. The summed E-state index contributed by atoms with van der Waals surface area (Å²) in [7, 11) is 2.04. The largest absolute Gasteiger partial charge is 0.313 e. The molecule has 0 saturated carbocycles. The molecular formula is C16H22N2. The van der Waals surface area contributed by atoms with E-state index in [9.17, 15) is 0 Å². The minimum absolute atomic E-state index is 0.221. The molecule has 0 spiro atoms. The lowest BCUT2D eigenvalue weighted by Crippen LogP contribution is -2.31. The normalized spacial score (nSPS) is 13.8. The van der Waals surface area contributed by atoms with Gasteiger partial charge in [-0.15, -0.1) is 0 Å². The van der Waals surface area contributed by atoms with Gasteiger partial charge >= 0.3 is 0 Å². The molecule has 0 saturated heterocycles. The number of hydrogen-bond donors (Lipinski definition) is 1. The summed E-state index contributed by atoms with van der Waals surface area (Å²) in [6.45, 7) is 6.86. The first kappa shape index (κ1) is 13.0. The molecule has 96 valence electrons. The van der Waals surface area contributed by atoms with E-state index in [-0.39, 0.29) is 5.41 Å². The summed E-state index contributed by atoms with van der Waals surface area (Å²) in [5, 5.41) is 4.72. The fourth-order valence-corrected chi connectivity index (χ4v) is 2.55. The molecule has 1 aromatic carbocycles. The molecule has 1 atom stereocenters. The Morgan fingerprint density at radius 2 is 2.00 bits per heavy atom. The van der Waals surface area contributed by atoms with E-state index in [4.69, 9.17) is 0 Å². The minimum atomic E-state index is 0.221. The molecule has 1 N–H and O–H groups in total. The summed E-state index contributed by atoms with van der Waals surface area (Å²) < 4.78 is 0. The Labute approximate surface area is 109 Å². The molecule has 18 heavy (non-hydrogen) atoms. The van der Waals surface area contributed by atoms with Crippen molar-refractivity contribution in [2.45, 2.75) is 33.2 Å². The van der Waals surface area contributed by atoms with Gasteiger partial charge in [0.25, 0.3) is 0 Å². The lowest BCUT2D eigenvalue weighted by molar-refractivity contribution is 0.247. The standard InChI is InChI=1S/C16H22N2/c1-5-16(2,3)15(17-4)13-8-6-10-14-12(13)9-7-11-18-14/h6-11,15,17H,5H2,1-4H3. The van der Waals surface area contributed by atoms with Crippen LogP contribution in [-0.2, 0) is 0 Å². The molecule has 2 rings (SSSR count). The van der Waals surface area contributed by atoms with Crippen LogP contribution in [0.3, 0.4) is 0 Å². The van der Waals surface area contributed by atoms with Crippen molar-refractivity contribution in [1.29, 1.82) is 0 Å². The molecule has 2 nitrogen and oxygen atoms in total. The molecule has 0 amide bonds. The van der Waals surface area contributed by atoms with Crippen molar-refractivity contribution in [2.75, 3.05) is 7.05 Å². The molecule has 0 bridgehead atoms. The van der Waals surface area contributed by atoms with Gasteiger partial charge in [-0.3, -0.25) is 4.98 Å². The maximum Gasteiger partial charge on any atom is 0.0705 e. The molecule has 2 heteroatoms. The van der Waals surface area contributed by atoms with Gasteiger partial charge in [-0.05, 0) is 36.6 Å². The average Bonchev–Trinajstić information content (AvgIpc) is 2.39. The lowest BCUT2D eigenvalue weighted by atomic mass is 9.77. The third kappa shape index (κ3) is 2.25. The average molecular weight is 242 g/mol. The fourth-order valence-electron chi connectivity index (χ4n) is 2.55. The Morgan fingerprint density at radius 1 is 1.22 bits per heavy atom. The Kier molecular flexibility index (Phi) is 3.67. The number of nitrogens with zero attached hydrogens (tertiary/aromatic N) is 1. The van der Waals surface area contributed by atoms with Crippen molar-refractivity contribution in [1.82, 2.24) is 10.3 Å². The van der Waals surface area contributed by atoms with Crippen LogP contribution in [0, 0.1) is 5.41 Å². The van der Waals surface area contributed by atoms with Gasteiger partial charge < -0.3 is 5.32 Å². The molecule has 0 aliphatic heterocycles. The van der Waals surface area contributed by atoms with Gasteiger partial charge in [0.05, 0.1) is 5.52 Å². The summed E-state index contributed by atoms with van der Waals surface area (Å²) in [6.07, 6.45) is 2.99.